The Bertz CT molecular complexity index is 1420. The molecule has 178 valence electrons. The molecule has 1 amide bonds. The van der Waals surface area contributed by atoms with Gasteiger partial charge in [0.1, 0.15) is 16.7 Å². The van der Waals surface area contributed by atoms with Crippen LogP contribution in [0.25, 0.3) is 22.3 Å². The number of ether oxygens (including phenoxy) is 1. The number of fused-ring (bicyclic) bond motifs is 1. The van der Waals surface area contributed by atoms with Gasteiger partial charge in [0.05, 0.1) is 30.8 Å². The zero-order valence-corrected chi connectivity index (χ0v) is 18.5. The molecule has 3 N–H and O–H groups in total. The van der Waals surface area contributed by atoms with Crippen molar-refractivity contribution in [1.82, 2.24) is 20.2 Å². The van der Waals surface area contributed by atoms with Gasteiger partial charge >= 0.3 is 0 Å². The summed E-state index contributed by atoms with van der Waals surface area (Å²) in [5.74, 6) is -2.22. The van der Waals surface area contributed by atoms with Crippen LogP contribution in [0.2, 0.25) is 0 Å². The molecule has 1 fully saturated rings. The first-order valence-corrected chi connectivity index (χ1v) is 10.9. The lowest BCUT2D eigenvalue weighted by Gasteiger charge is -2.29. The monoisotopic (exact) mass is 477 g/mol. The first kappa shape index (κ1) is 22.4. The van der Waals surface area contributed by atoms with E-state index in [9.17, 15) is 13.6 Å². The Hall–Kier alpha value is -4.38. The molecule has 1 aliphatic rings. The van der Waals surface area contributed by atoms with Gasteiger partial charge in [-0.25, -0.2) is 18.7 Å². The molecule has 2 aromatic heterocycles. The molecule has 0 saturated carbocycles. The van der Waals surface area contributed by atoms with Gasteiger partial charge in [-0.05, 0) is 30.3 Å². The van der Waals surface area contributed by atoms with E-state index in [4.69, 9.17) is 4.74 Å². The third-order valence-corrected chi connectivity index (χ3v) is 5.55. The van der Waals surface area contributed by atoms with Crippen molar-refractivity contribution >= 4 is 40.0 Å². The minimum absolute atomic E-state index is 0.0775. The summed E-state index contributed by atoms with van der Waals surface area (Å²) in [5.41, 5.74) is 2.89. The zero-order valence-electron chi connectivity index (χ0n) is 18.5. The summed E-state index contributed by atoms with van der Waals surface area (Å²) in [7, 11) is 0. The fraction of sp³-hybridized carbons (Fsp3) is 0.167. The third kappa shape index (κ3) is 4.53. The molecular weight excluding hydrogens is 456 g/mol. The number of hydrogen-bond acceptors (Lipinski definition) is 7. The second-order valence-electron chi connectivity index (χ2n) is 7.79. The smallest absolute Gasteiger partial charge is 0.247 e. The summed E-state index contributed by atoms with van der Waals surface area (Å²) in [5, 5.41) is 12.6. The number of benzene rings is 2. The molecule has 11 heteroatoms. The van der Waals surface area contributed by atoms with E-state index in [1.807, 2.05) is 6.07 Å². The predicted octanol–water partition coefficient (Wildman–Crippen LogP) is 4.00. The highest BCUT2D eigenvalue weighted by atomic mass is 19.2. The van der Waals surface area contributed by atoms with E-state index in [-0.39, 0.29) is 23.2 Å². The lowest BCUT2D eigenvalue weighted by atomic mass is 10.1. The summed E-state index contributed by atoms with van der Waals surface area (Å²) in [6, 6.07) is 10.0. The molecule has 0 unspecified atom stereocenters. The minimum atomic E-state index is -1.02. The Morgan fingerprint density at radius 2 is 2.00 bits per heavy atom. The van der Waals surface area contributed by atoms with Crippen molar-refractivity contribution in [2.45, 2.75) is 0 Å². The lowest BCUT2D eigenvalue weighted by molar-refractivity contribution is -0.111. The number of amides is 1. The van der Waals surface area contributed by atoms with E-state index < -0.39 is 11.6 Å². The number of rotatable bonds is 6. The highest BCUT2D eigenvalue weighted by molar-refractivity contribution is 5.99. The van der Waals surface area contributed by atoms with Crippen LogP contribution in [0.4, 0.5) is 31.8 Å². The number of nitrogens with zero attached hydrogens (tertiary/aromatic N) is 4. The number of morpholine rings is 1. The molecule has 1 saturated heterocycles. The van der Waals surface area contributed by atoms with Crippen molar-refractivity contribution in [3.05, 3.63) is 66.9 Å². The van der Waals surface area contributed by atoms with Gasteiger partial charge in [0, 0.05) is 24.3 Å². The van der Waals surface area contributed by atoms with E-state index in [1.165, 1.54) is 24.4 Å². The van der Waals surface area contributed by atoms with Crippen LogP contribution in [-0.4, -0.2) is 52.4 Å². The number of halogens is 2. The van der Waals surface area contributed by atoms with E-state index in [0.29, 0.717) is 54.3 Å². The molecule has 3 heterocycles. The van der Waals surface area contributed by atoms with Gasteiger partial charge in [-0.15, -0.1) is 0 Å². The predicted molar refractivity (Wildman–Crippen MR) is 129 cm³/mol. The van der Waals surface area contributed by atoms with E-state index in [2.05, 4.69) is 37.4 Å². The Morgan fingerprint density at radius 3 is 2.80 bits per heavy atom. The normalized spacial score (nSPS) is 13.6. The summed E-state index contributed by atoms with van der Waals surface area (Å²) in [6.07, 6.45) is 2.68. The van der Waals surface area contributed by atoms with Gasteiger partial charge in [-0.1, -0.05) is 18.7 Å². The number of carbonyl (C=O) groups excluding carboxylic acids is 1. The van der Waals surface area contributed by atoms with Crippen LogP contribution < -0.4 is 15.5 Å². The van der Waals surface area contributed by atoms with Crippen LogP contribution in [0.15, 0.2) is 55.3 Å². The first-order valence-electron chi connectivity index (χ1n) is 10.9. The maximum absolute atomic E-state index is 14.9. The van der Waals surface area contributed by atoms with Gasteiger partial charge in [0.2, 0.25) is 11.9 Å². The fourth-order valence-corrected chi connectivity index (χ4v) is 3.82. The molecule has 0 spiro atoms. The van der Waals surface area contributed by atoms with Gasteiger partial charge in [-0.3, -0.25) is 9.89 Å². The van der Waals surface area contributed by atoms with Crippen LogP contribution in [0, 0.1) is 11.6 Å². The topological polar surface area (TPSA) is 108 Å². The molecular formula is C24H21F2N7O2. The zero-order chi connectivity index (χ0) is 24.4. The Balaban J connectivity index is 1.44. The van der Waals surface area contributed by atoms with Crippen molar-refractivity contribution in [1.29, 1.82) is 0 Å². The highest BCUT2D eigenvalue weighted by Crippen LogP contribution is 2.31. The van der Waals surface area contributed by atoms with Crippen molar-refractivity contribution in [3.63, 3.8) is 0 Å². The second-order valence-corrected chi connectivity index (χ2v) is 7.79. The van der Waals surface area contributed by atoms with Crippen LogP contribution in [0.1, 0.15) is 0 Å². The second kappa shape index (κ2) is 9.47. The van der Waals surface area contributed by atoms with Crippen molar-refractivity contribution < 1.29 is 18.3 Å². The van der Waals surface area contributed by atoms with Crippen LogP contribution >= 0.6 is 0 Å². The number of hydrogen-bond donors (Lipinski definition) is 3. The molecule has 0 bridgehead atoms. The van der Waals surface area contributed by atoms with E-state index in [0.717, 1.165) is 0 Å². The van der Waals surface area contributed by atoms with Crippen LogP contribution in [0.5, 0.6) is 0 Å². The molecule has 1 aliphatic heterocycles. The minimum Gasteiger partial charge on any atom is -0.378 e. The maximum Gasteiger partial charge on any atom is 0.247 e. The number of carbonyl (C=O) groups is 1. The quantitative estimate of drug-likeness (QED) is 0.360. The summed E-state index contributed by atoms with van der Waals surface area (Å²) >= 11 is 0. The van der Waals surface area contributed by atoms with E-state index >= 15 is 0 Å². The molecule has 0 atom stereocenters. The number of H-pyrrole nitrogens is 1. The molecule has 5 rings (SSSR count). The largest absolute Gasteiger partial charge is 0.378 e. The first-order chi connectivity index (χ1) is 17.0. The number of aromatic nitrogens is 4. The summed E-state index contributed by atoms with van der Waals surface area (Å²) in [6.45, 7) is 5.35. The van der Waals surface area contributed by atoms with Crippen molar-refractivity contribution in [3.8, 4) is 11.3 Å². The Morgan fingerprint density at radius 1 is 1.17 bits per heavy atom. The van der Waals surface area contributed by atoms with Gasteiger partial charge in [0.15, 0.2) is 11.6 Å². The lowest BCUT2D eigenvalue weighted by Crippen LogP contribution is -2.36. The number of nitrogens with one attached hydrogen (secondary N) is 3. The van der Waals surface area contributed by atoms with Crippen molar-refractivity contribution in [2.75, 3.05) is 41.8 Å². The molecule has 2 aromatic carbocycles. The number of aromatic amines is 1. The van der Waals surface area contributed by atoms with Crippen LogP contribution in [0.3, 0.4) is 0 Å². The molecule has 0 radical (unpaired) electrons. The fourth-order valence-electron chi connectivity index (χ4n) is 3.82. The van der Waals surface area contributed by atoms with Crippen molar-refractivity contribution in [2.24, 2.45) is 0 Å². The Labute approximate surface area is 198 Å². The number of anilines is 4. The third-order valence-electron chi connectivity index (χ3n) is 5.55. The summed E-state index contributed by atoms with van der Waals surface area (Å²) in [4.78, 5) is 22.0. The molecule has 4 aromatic rings. The SMILES string of the molecule is C=CC(=O)Nc1cccc(-c2n[nH]c3cnc(Nc4ccc(N5CCOCC5)c(F)c4F)nc23)c1. The summed E-state index contributed by atoms with van der Waals surface area (Å²) < 4.78 is 34.9. The van der Waals surface area contributed by atoms with Crippen LogP contribution in [-0.2, 0) is 9.53 Å². The molecule has 0 aliphatic carbocycles. The Kier molecular flexibility index (Phi) is 6.06. The standard InChI is InChI=1S/C24H21F2N7O2/c1-2-19(34)28-15-5-3-4-14(12-15)22-23-17(31-32-22)13-27-24(30-23)29-16-6-7-18(21(26)20(16)25)33-8-10-35-11-9-33/h2-7,12-13H,1,8-11H2,(H,28,34)(H,31,32)(H,27,29,30). The van der Waals surface area contributed by atoms with E-state index in [1.54, 1.807) is 23.1 Å². The maximum atomic E-state index is 14.9. The molecule has 9 nitrogen and oxygen atoms in total. The van der Waals surface area contributed by atoms with Gasteiger partial charge in [-0.2, -0.15) is 5.10 Å². The highest BCUT2D eigenvalue weighted by Gasteiger charge is 2.21. The van der Waals surface area contributed by atoms with Gasteiger partial charge < -0.3 is 20.3 Å². The van der Waals surface area contributed by atoms with Gasteiger partial charge in [0.25, 0.3) is 0 Å². The average Bonchev–Trinajstić information content (AvgIpc) is 3.31. The average molecular weight is 477 g/mol. The molecule has 35 heavy (non-hydrogen) atoms.